The maximum Gasteiger partial charge on any atom is 0.360 e. The summed E-state index contributed by atoms with van der Waals surface area (Å²) in [7, 11) is 0. The van der Waals surface area contributed by atoms with E-state index in [1.807, 2.05) is 0 Å². The third kappa shape index (κ3) is 4.17. The topological polar surface area (TPSA) is 79.0 Å². The number of carbonyl (C=O) groups is 1. The standard InChI is InChI=1S/C17H15FN4O3/c18-13-5-7-14(8-6-13)22-19-12-15(20-22)17(24)25-11-3-10-21-9-2-1-4-16(21)23/h1-2,4-9,12H,3,10-11H2. The summed E-state index contributed by atoms with van der Waals surface area (Å²) in [5, 5.41) is 7.98. The highest BCUT2D eigenvalue weighted by molar-refractivity contribution is 5.86. The number of hydrogen-bond acceptors (Lipinski definition) is 5. The van der Waals surface area contributed by atoms with E-state index in [0.29, 0.717) is 18.7 Å². The first-order valence-corrected chi connectivity index (χ1v) is 7.64. The maximum atomic E-state index is 12.9. The molecule has 0 spiro atoms. The van der Waals surface area contributed by atoms with Gasteiger partial charge in [0.15, 0.2) is 5.69 Å². The Morgan fingerprint density at radius 2 is 1.96 bits per heavy atom. The Morgan fingerprint density at radius 3 is 2.72 bits per heavy atom. The quantitative estimate of drug-likeness (QED) is 0.504. The van der Waals surface area contributed by atoms with Crippen LogP contribution in [-0.2, 0) is 11.3 Å². The van der Waals surface area contributed by atoms with E-state index in [1.165, 1.54) is 41.3 Å². The van der Waals surface area contributed by atoms with Crippen molar-refractivity contribution in [3.8, 4) is 5.69 Å². The Morgan fingerprint density at radius 1 is 1.16 bits per heavy atom. The first-order chi connectivity index (χ1) is 12.1. The molecule has 8 heteroatoms. The van der Waals surface area contributed by atoms with Gasteiger partial charge in [0.05, 0.1) is 18.5 Å². The van der Waals surface area contributed by atoms with Gasteiger partial charge in [-0.1, -0.05) is 6.07 Å². The average molecular weight is 342 g/mol. The van der Waals surface area contributed by atoms with Crippen LogP contribution >= 0.6 is 0 Å². The number of rotatable bonds is 6. The van der Waals surface area contributed by atoms with Gasteiger partial charge in [-0.2, -0.15) is 9.90 Å². The summed E-state index contributed by atoms with van der Waals surface area (Å²) in [4.78, 5) is 24.7. The maximum absolute atomic E-state index is 12.9. The molecule has 2 aromatic heterocycles. The molecule has 0 aliphatic heterocycles. The number of aromatic nitrogens is 4. The van der Waals surface area contributed by atoms with Gasteiger partial charge in [-0.3, -0.25) is 4.79 Å². The zero-order valence-electron chi connectivity index (χ0n) is 13.2. The summed E-state index contributed by atoms with van der Waals surface area (Å²) in [5.41, 5.74) is 0.487. The predicted molar refractivity (Wildman–Crippen MR) is 86.9 cm³/mol. The average Bonchev–Trinajstić information content (AvgIpc) is 3.11. The number of nitrogens with zero attached hydrogens (tertiary/aromatic N) is 4. The van der Waals surface area contributed by atoms with Gasteiger partial charge in [0.25, 0.3) is 0 Å². The molecule has 0 unspecified atom stereocenters. The normalized spacial score (nSPS) is 10.6. The highest BCUT2D eigenvalue weighted by Gasteiger charge is 2.13. The lowest BCUT2D eigenvalue weighted by Crippen LogP contribution is -2.19. The number of esters is 1. The van der Waals surface area contributed by atoms with E-state index in [0.717, 1.165) is 0 Å². The van der Waals surface area contributed by atoms with Crippen molar-refractivity contribution in [2.45, 2.75) is 13.0 Å². The second-order valence-corrected chi connectivity index (χ2v) is 5.22. The molecule has 3 rings (SSSR count). The van der Waals surface area contributed by atoms with Crippen molar-refractivity contribution in [3.05, 3.63) is 76.7 Å². The van der Waals surface area contributed by atoms with Crippen LogP contribution < -0.4 is 5.56 Å². The van der Waals surface area contributed by atoms with Gasteiger partial charge < -0.3 is 9.30 Å². The summed E-state index contributed by atoms with van der Waals surface area (Å²) < 4.78 is 19.6. The van der Waals surface area contributed by atoms with Crippen molar-refractivity contribution in [1.29, 1.82) is 0 Å². The Kier molecular flexibility index (Phi) is 4.98. The van der Waals surface area contributed by atoms with E-state index < -0.39 is 5.97 Å². The van der Waals surface area contributed by atoms with Gasteiger partial charge in [-0.15, -0.1) is 5.10 Å². The highest BCUT2D eigenvalue weighted by Crippen LogP contribution is 2.07. The zero-order valence-corrected chi connectivity index (χ0v) is 13.2. The molecule has 0 amide bonds. The van der Waals surface area contributed by atoms with Gasteiger partial charge in [-0.05, 0) is 36.8 Å². The number of ether oxygens (including phenoxy) is 1. The summed E-state index contributed by atoms with van der Waals surface area (Å²) in [6, 6.07) is 10.5. The van der Waals surface area contributed by atoms with E-state index in [2.05, 4.69) is 10.2 Å². The van der Waals surface area contributed by atoms with E-state index in [9.17, 15) is 14.0 Å². The summed E-state index contributed by atoms with van der Waals surface area (Å²) in [6.45, 7) is 0.610. The molecule has 0 fully saturated rings. The van der Waals surface area contributed by atoms with Gasteiger partial charge in [0.1, 0.15) is 5.82 Å². The Labute approximate surface area is 142 Å². The number of pyridine rings is 1. The molecule has 0 bridgehead atoms. The molecule has 0 atom stereocenters. The van der Waals surface area contributed by atoms with Crippen molar-refractivity contribution in [3.63, 3.8) is 0 Å². The molecule has 0 saturated carbocycles. The fraction of sp³-hybridized carbons (Fsp3) is 0.176. The summed E-state index contributed by atoms with van der Waals surface area (Å²) in [5.74, 6) is -0.971. The van der Waals surface area contributed by atoms with Gasteiger partial charge >= 0.3 is 5.97 Å². The van der Waals surface area contributed by atoms with Crippen LogP contribution in [-0.4, -0.2) is 32.1 Å². The van der Waals surface area contributed by atoms with Crippen molar-refractivity contribution in [2.75, 3.05) is 6.61 Å². The molecule has 0 saturated heterocycles. The molecular formula is C17H15FN4O3. The van der Waals surface area contributed by atoms with Gasteiger partial charge in [-0.25, -0.2) is 9.18 Å². The lowest BCUT2D eigenvalue weighted by molar-refractivity contribution is 0.0488. The molecule has 0 N–H and O–H groups in total. The summed E-state index contributed by atoms with van der Waals surface area (Å²) in [6.07, 6.45) is 3.47. The third-order valence-corrected chi connectivity index (χ3v) is 3.43. The van der Waals surface area contributed by atoms with Crippen molar-refractivity contribution >= 4 is 5.97 Å². The number of hydrogen-bond donors (Lipinski definition) is 0. The first-order valence-electron chi connectivity index (χ1n) is 7.64. The number of aryl methyl sites for hydroxylation is 1. The molecule has 7 nitrogen and oxygen atoms in total. The van der Waals surface area contributed by atoms with Crippen molar-refractivity contribution in [2.24, 2.45) is 0 Å². The largest absolute Gasteiger partial charge is 0.461 e. The Balaban J connectivity index is 1.53. The van der Waals surface area contributed by atoms with E-state index in [-0.39, 0.29) is 23.7 Å². The zero-order chi connectivity index (χ0) is 17.6. The predicted octanol–water partition coefficient (Wildman–Crippen LogP) is 1.82. The fourth-order valence-corrected chi connectivity index (χ4v) is 2.17. The van der Waals surface area contributed by atoms with Crippen molar-refractivity contribution in [1.82, 2.24) is 19.6 Å². The lowest BCUT2D eigenvalue weighted by atomic mass is 10.3. The molecule has 0 radical (unpaired) electrons. The van der Waals surface area contributed by atoms with Gasteiger partial charge in [0.2, 0.25) is 5.56 Å². The molecule has 25 heavy (non-hydrogen) atoms. The van der Waals surface area contributed by atoms with Gasteiger partial charge in [0, 0.05) is 18.8 Å². The SMILES string of the molecule is O=C(OCCCn1ccccc1=O)c1cnn(-c2ccc(F)cc2)n1. The number of benzene rings is 1. The molecule has 2 heterocycles. The number of halogens is 1. The molecule has 128 valence electrons. The van der Waals surface area contributed by atoms with Crippen LogP contribution in [0, 0.1) is 5.82 Å². The van der Waals surface area contributed by atoms with Crippen LogP contribution in [0.25, 0.3) is 5.69 Å². The number of carbonyl (C=O) groups excluding carboxylic acids is 1. The summed E-state index contributed by atoms with van der Waals surface area (Å²) >= 11 is 0. The monoisotopic (exact) mass is 342 g/mol. The van der Waals surface area contributed by atoms with Crippen LogP contribution in [0.15, 0.2) is 59.7 Å². The Bertz CT molecular complexity index is 918. The molecule has 0 aliphatic carbocycles. The smallest absolute Gasteiger partial charge is 0.360 e. The molecule has 1 aromatic carbocycles. The first kappa shape index (κ1) is 16.6. The van der Waals surface area contributed by atoms with Crippen LogP contribution in [0.2, 0.25) is 0 Å². The Hall–Kier alpha value is -3.29. The highest BCUT2D eigenvalue weighted by atomic mass is 19.1. The van der Waals surface area contributed by atoms with Crippen molar-refractivity contribution < 1.29 is 13.9 Å². The fourth-order valence-electron chi connectivity index (χ4n) is 2.17. The molecule has 0 aliphatic rings. The minimum Gasteiger partial charge on any atom is -0.461 e. The van der Waals surface area contributed by atoms with E-state index in [1.54, 1.807) is 22.9 Å². The molecule has 3 aromatic rings. The van der Waals surface area contributed by atoms with Crippen LogP contribution in [0.1, 0.15) is 16.9 Å². The van der Waals surface area contributed by atoms with Crippen LogP contribution in [0.3, 0.4) is 0 Å². The molecular weight excluding hydrogens is 327 g/mol. The second kappa shape index (κ2) is 7.52. The van der Waals surface area contributed by atoms with Crippen LogP contribution in [0.4, 0.5) is 4.39 Å². The minimum absolute atomic E-state index is 0.0567. The second-order valence-electron chi connectivity index (χ2n) is 5.22. The van der Waals surface area contributed by atoms with E-state index in [4.69, 9.17) is 4.74 Å². The third-order valence-electron chi connectivity index (χ3n) is 3.43. The van der Waals surface area contributed by atoms with E-state index >= 15 is 0 Å². The minimum atomic E-state index is -0.603. The lowest BCUT2D eigenvalue weighted by Gasteiger charge is -2.05. The van der Waals surface area contributed by atoms with Crippen LogP contribution in [0.5, 0.6) is 0 Å².